The molecule has 136 valence electrons. The van der Waals surface area contributed by atoms with Gasteiger partial charge in [0.05, 0.1) is 31.1 Å². The Kier molecular flexibility index (Phi) is 6.39. The molecule has 1 fully saturated rings. The number of carbonyl (C=O) groups excluding carboxylic acids is 1. The molecule has 0 spiro atoms. The molecule has 1 aromatic rings. The molecule has 1 atom stereocenters. The molecule has 0 saturated carbocycles. The third-order valence-electron chi connectivity index (χ3n) is 5.43. The van der Waals surface area contributed by atoms with E-state index in [0.717, 1.165) is 25.0 Å². The van der Waals surface area contributed by atoms with Crippen LogP contribution in [0.1, 0.15) is 64.3 Å². The summed E-state index contributed by atoms with van der Waals surface area (Å²) in [6.45, 7) is 15.7. The second-order valence-electron chi connectivity index (χ2n) is 7.72. The van der Waals surface area contributed by atoms with Crippen molar-refractivity contribution < 1.29 is 14.0 Å². The SMILES string of the molecule is CC(C)[Si](OCc1cnc(C=O)n1CC1CCO1)(C(C)C)C(C)C. The van der Waals surface area contributed by atoms with Crippen LogP contribution in [-0.2, 0) is 22.3 Å². The van der Waals surface area contributed by atoms with Gasteiger partial charge in [0.25, 0.3) is 0 Å². The van der Waals surface area contributed by atoms with Crippen LogP contribution in [0, 0.1) is 0 Å². The number of hydrogen-bond donors (Lipinski definition) is 0. The Morgan fingerprint density at radius 2 is 1.88 bits per heavy atom. The molecular formula is C18H32N2O3Si. The van der Waals surface area contributed by atoms with Crippen LogP contribution in [0.4, 0.5) is 0 Å². The highest BCUT2D eigenvalue weighted by molar-refractivity contribution is 6.77. The Labute approximate surface area is 146 Å². The largest absolute Gasteiger partial charge is 0.410 e. The molecule has 1 aliphatic rings. The fraction of sp³-hybridized carbons (Fsp3) is 0.778. The second kappa shape index (κ2) is 7.93. The van der Waals surface area contributed by atoms with Crippen molar-refractivity contribution in [1.29, 1.82) is 0 Å². The first-order chi connectivity index (χ1) is 11.3. The summed E-state index contributed by atoms with van der Waals surface area (Å²) >= 11 is 0. The number of rotatable bonds is 9. The monoisotopic (exact) mass is 352 g/mol. The van der Waals surface area contributed by atoms with Gasteiger partial charge in [0, 0.05) is 6.61 Å². The van der Waals surface area contributed by atoms with Crippen molar-refractivity contribution in [3.05, 3.63) is 17.7 Å². The van der Waals surface area contributed by atoms with Crippen molar-refractivity contribution in [1.82, 2.24) is 9.55 Å². The Bertz CT molecular complexity index is 529. The van der Waals surface area contributed by atoms with E-state index < -0.39 is 8.32 Å². The summed E-state index contributed by atoms with van der Waals surface area (Å²) in [5.74, 6) is 0.468. The summed E-state index contributed by atoms with van der Waals surface area (Å²) < 4.78 is 14.1. The Hall–Kier alpha value is -0.983. The van der Waals surface area contributed by atoms with E-state index in [0.29, 0.717) is 35.6 Å². The van der Waals surface area contributed by atoms with Gasteiger partial charge in [-0.05, 0) is 23.0 Å². The van der Waals surface area contributed by atoms with Crippen molar-refractivity contribution in [2.24, 2.45) is 0 Å². The van der Waals surface area contributed by atoms with Crippen LogP contribution in [0.25, 0.3) is 0 Å². The van der Waals surface area contributed by atoms with E-state index in [-0.39, 0.29) is 6.10 Å². The maximum absolute atomic E-state index is 11.3. The van der Waals surface area contributed by atoms with Crippen LogP contribution < -0.4 is 0 Å². The molecule has 2 rings (SSSR count). The van der Waals surface area contributed by atoms with Gasteiger partial charge >= 0.3 is 0 Å². The first-order valence-corrected chi connectivity index (χ1v) is 11.2. The lowest BCUT2D eigenvalue weighted by molar-refractivity contribution is -0.0599. The molecule has 6 heteroatoms. The predicted molar refractivity (Wildman–Crippen MR) is 97.8 cm³/mol. The Morgan fingerprint density at radius 3 is 2.29 bits per heavy atom. The molecule has 1 aliphatic heterocycles. The van der Waals surface area contributed by atoms with Gasteiger partial charge in [-0.25, -0.2) is 4.98 Å². The molecule has 0 radical (unpaired) electrons. The molecule has 0 bridgehead atoms. The third kappa shape index (κ3) is 3.65. The third-order valence-corrected chi connectivity index (χ3v) is 11.5. The summed E-state index contributed by atoms with van der Waals surface area (Å²) in [5.41, 5.74) is 2.59. The van der Waals surface area contributed by atoms with Crippen molar-refractivity contribution in [3.63, 3.8) is 0 Å². The zero-order valence-corrected chi connectivity index (χ0v) is 16.9. The van der Waals surface area contributed by atoms with E-state index in [2.05, 4.69) is 46.5 Å². The van der Waals surface area contributed by atoms with Crippen LogP contribution in [-0.4, -0.2) is 36.9 Å². The number of imidazole rings is 1. The smallest absolute Gasteiger partial charge is 0.200 e. The fourth-order valence-corrected chi connectivity index (χ4v) is 9.58. The van der Waals surface area contributed by atoms with Crippen LogP contribution in [0.5, 0.6) is 0 Å². The maximum Gasteiger partial charge on any atom is 0.200 e. The quantitative estimate of drug-likeness (QED) is 0.494. The van der Waals surface area contributed by atoms with Crippen LogP contribution >= 0.6 is 0 Å². The van der Waals surface area contributed by atoms with E-state index in [1.807, 2.05) is 4.57 Å². The van der Waals surface area contributed by atoms with Crippen molar-refractivity contribution in [2.45, 2.75) is 83.8 Å². The number of aromatic nitrogens is 2. The Balaban J connectivity index is 2.20. The van der Waals surface area contributed by atoms with Gasteiger partial charge in [0.1, 0.15) is 0 Å². The van der Waals surface area contributed by atoms with Gasteiger partial charge in [-0.3, -0.25) is 4.79 Å². The van der Waals surface area contributed by atoms with Gasteiger partial charge in [0.2, 0.25) is 8.32 Å². The normalized spacial score (nSPS) is 18.5. The average molecular weight is 353 g/mol. The van der Waals surface area contributed by atoms with Crippen molar-refractivity contribution >= 4 is 14.6 Å². The molecule has 0 N–H and O–H groups in total. The van der Waals surface area contributed by atoms with Crippen molar-refractivity contribution in [2.75, 3.05) is 6.61 Å². The molecule has 5 nitrogen and oxygen atoms in total. The summed E-state index contributed by atoms with van der Waals surface area (Å²) in [5, 5.41) is 0. The molecular weight excluding hydrogens is 320 g/mol. The lowest BCUT2D eigenvalue weighted by atomic mass is 10.2. The highest BCUT2D eigenvalue weighted by Gasteiger charge is 2.45. The fourth-order valence-electron chi connectivity index (χ4n) is 4.18. The summed E-state index contributed by atoms with van der Waals surface area (Å²) in [4.78, 5) is 15.6. The average Bonchev–Trinajstić information content (AvgIpc) is 2.84. The lowest BCUT2D eigenvalue weighted by Gasteiger charge is -2.42. The number of nitrogens with zero attached hydrogens (tertiary/aromatic N) is 2. The van der Waals surface area contributed by atoms with Gasteiger partial charge in [-0.15, -0.1) is 0 Å². The molecule has 0 amide bonds. The van der Waals surface area contributed by atoms with E-state index >= 15 is 0 Å². The zero-order chi connectivity index (χ0) is 17.9. The molecule has 0 aliphatic carbocycles. The summed E-state index contributed by atoms with van der Waals surface area (Å²) in [6, 6.07) is 0. The Morgan fingerprint density at radius 1 is 1.29 bits per heavy atom. The highest BCUT2D eigenvalue weighted by Crippen LogP contribution is 2.42. The first kappa shape index (κ1) is 19.3. The molecule has 0 aromatic carbocycles. The van der Waals surface area contributed by atoms with E-state index in [4.69, 9.17) is 9.16 Å². The van der Waals surface area contributed by atoms with Gasteiger partial charge < -0.3 is 13.7 Å². The van der Waals surface area contributed by atoms with Crippen LogP contribution in [0.15, 0.2) is 6.20 Å². The standard InChI is InChI=1S/C18H32N2O3Si/c1-13(2)24(14(3)4,15(5)6)23-12-16-9-19-18(11-21)20(16)10-17-7-8-22-17/h9,11,13-15,17H,7-8,10,12H2,1-6H3. The van der Waals surface area contributed by atoms with E-state index in [9.17, 15) is 4.79 Å². The van der Waals surface area contributed by atoms with Crippen molar-refractivity contribution in [3.8, 4) is 0 Å². The lowest BCUT2D eigenvalue weighted by Crippen LogP contribution is -2.47. The minimum atomic E-state index is -1.93. The van der Waals surface area contributed by atoms with Gasteiger partial charge in [-0.1, -0.05) is 41.5 Å². The number of carbonyl (C=O) groups is 1. The molecule has 1 aromatic heterocycles. The van der Waals surface area contributed by atoms with Gasteiger partial charge in [0.15, 0.2) is 12.1 Å². The minimum Gasteiger partial charge on any atom is -0.410 e. The number of hydrogen-bond acceptors (Lipinski definition) is 4. The molecule has 1 saturated heterocycles. The second-order valence-corrected chi connectivity index (χ2v) is 13.2. The number of ether oxygens (including phenoxy) is 1. The molecule has 2 heterocycles. The van der Waals surface area contributed by atoms with E-state index in [1.54, 1.807) is 6.20 Å². The van der Waals surface area contributed by atoms with Crippen LogP contribution in [0.3, 0.4) is 0 Å². The summed E-state index contributed by atoms with van der Waals surface area (Å²) in [7, 11) is -1.93. The topological polar surface area (TPSA) is 53.3 Å². The molecule has 24 heavy (non-hydrogen) atoms. The highest BCUT2D eigenvalue weighted by atomic mass is 28.4. The van der Waals surface area contributed by atoms with E-state index in [1.165, 1.54) is 0 Å². The minimum absolute atomic E-state index is 0.193. The maximum atomic E-state index is 11.3. The predicted octanol–water partition coefficient (Wildman–Crippen LogP) is 4.18. The van der Waals surface area contributed by atoms with Crippen LogP contribution in [0.2, 0.25) is 16.6 Å². The summed E-state index contributed by atoms with van der Waals surface area (Å²) in [6.07, 6.45) is 3.83. The zero-order valence-electron chi connectivity index (χ0n) is 15.9. The van der Waals surface area contributed by atoms with Gasteiger partial charge in [-0.2, -0.15) is 0 Å². The first-order valence-electron chi connectivity index (χ1n) is 9.08. The molecule has 1 unspecified atom stereocenters. The number of aldehydes is 1.